The Morgan fingerprint density at radius 2 is 1.86 bits per heavy atom. The molecule has 7 nitrogen and oxygen atoms in total. The summed E-state index contributed by atoms with van der Waals surface area (Å²) < 4.78 is 0. The van der Waals surface area contributed by atoms with E-state index in [1.165, 1.54) is 0 Å². The lowest BCUT2D eigenvalue weighted by atomic mass is 10.1. The molecule has 0 atom stereocenters. The van der Waals surface area contributed by atoms with Crippen LogP contribution in [-0.4, -0.2) is 10.9 Å². The van der Waals surface area contributed by atoms with Crippen LogP contribution in [0.4, 0.5) is 0 Å². The maximum atomic E-state index is 12.0. The third-order valence-corrected chi connectivity index (χ3v) is 3.42. The molecule has 8 heteroatoms. The summed E-state index contributed by atoms with van der Waals surface area (Å²) in [5, 5.41) is 3.12. The summed E-state index contributed by atoms with van der Waals surface area (Å²) in [6.45, 7) is 0.426. The molecule has 1 aliphatic heterocycles. The lowest BCUT2D eigenvalue weighted by molar-refractivity contribution is 0.0946. The molecule has 0 saturated carbocycles. The monoisotopic (exact) mass is 318 g/mol. The van der Waals surface area contributed by atoms with Crippen molar-refractivity contribution >= 4 is 17.5 Å². The Labute approximate surface area is 132 Å². The number of benzene rings is 1. The van der Waals surface area contributed by atoms with Crippen molar-refractivity contribution in [3.63, 3.8) is 0 Å². The van der Waals surface area contributed by atoms with Gasteiger partial charge in [0.2, 0.25) is 0 Å². The number of hydrogen-bond donors (Lipinski definition) is 5. The average Bonchev–Trinajstić information content (AvgIpc) is 3.07. The van der Waals surface area contributed by atoms with E-state index in [0.29, 0.717) is 17.4 Å². The van der Waals surface area contributed by atoms with E-state index in [4.69, 9.17) is 11.6 Å². The first-order chi connectivity index (χ1) is 10.7. The first-order valence-electron chi connectivity index (χ1n) is 6.73. The van der Waals surface area contributed by atoms with Gasteiger partial charge < -0.3 is 5.32 Å². The SMILES string of the molecule is O=C(NCc1ccc(C2NNNN2)cc1)c1cccc(Cl)n1. The van der Waals surface area contributed by atoms with E-state index >= 15 is 0 Å². The number of carbonyl (C=O) groups excluding carboxylic acids is 1. The zero-order valence-electron chi connectivity index (χ0n) is 11.6. The highest BCUT2D eigenvalue weighted by molar-refractivity contribution is 6.29. The summed E-state index contributed by atoms with van der Waals surface area (Å²) in [6.07, 6.45) is -0.000647. The molecular formula is C14H15ClN6O. The van der Waals surface area contributed by atoms with Gasteiger partial charge in [-0.25, -0.2) is 15.8 Å². The van der Waals surface area contributed by atoms with Gasteiger partial charge in [-0.1, -0.05) is 41.9 Å². The lowest BCUT2D eigenvalue weighted by Crippen LogP contribution is -2.33. The summed E-state index contributed by atoms with van der Waals surface area (Å²) in [5.74, 6) is -0.251. The molecule has 1 aliphatic rings. The summed E-state index contributed by atoms with van der Waals surface area (Å²) in [7, 11) is 0. The van der Waals surface area contributed by atoms with Gasteiger partial charge in [0.25, 0.3) is 5.91 Å². The average molecular weight is 319 g/mol. The zero-order valence-corrected chi connectivity index (χ0v) is 12.3. The molecule has 1 saturated heterocycles. The van der Waals surface area contributed by atoms with Gasteiger partial charge in [0, 0.05) is 6.54 Å². The van der Waals surface area contributed by atoms with Gasteiger partial charge in [0.15, 0.2) is 0 Å². The van der Waals surface area contributed by atoms with Gasteiger partial charge in [-0.3, -0.25) is 4.79 Å². The fourth-order valence-corrected chi connectivity index (χ4v) is 2.22. The Hall–Kier alpha value is -2.03. The maximum Gasteiger partial charge on any atom is 0.270 e. The third kappa shape index (κ3) is 3.59. The number of hydrogen-bond acceptors (Lipinski definition) is 6. The number of nitrogens with zero attached hydrogens (tertiary/aromatic N) is 1. The third-order valence-electron chi connectivity index (χ3n) is 3.21. The Morgan fingerprint density at radius 3 is 2.55 bits per heavy atom. The van der Waals surface area contributed by atoms with Crippen molar-refractivity contribution in [3.8, 4) is 0 Å². The van der Waals surface area contributed by atoms with E-state index in [-0.39, 0.29) is 12.1 Å². The predicted molar refractivity (Wildman–Crippen MR) is 82.1 cm³/mol. The molecule has 2 heterocycles. The standard InChI is InChI=1S/C14H15ClN6O/c15-12-3-1-2-11(17-12)14(22)16-8-9-4-6-10(7-5-9)13-18-20-21-19-13/h1-7,13,18-21H,8H2,(H,16,22). The number of carbonyl (C=O) groups is 1. The minimum atomic E-state index is -0.251. The Morgan fingerprint density at radius 1 is 1.14 bits per heavy atom. The highest BCUT2D eigenvalue weighted by Crippen LogP contribution is 2.12. The predicted octanol–water partition coefficient (Wildman–Crippen LogP) is 0.781. The molecule has 3 rings (SSSR count). The van der Waals surface area contributed by atoms with Crippen molar-refractivity contribution in [2.24, 2.45) is 0 Å². The number of amides is 1. The highest BCUT2D eigenvalue weighted by atomic mass is 35.5. The van der Waals surface area contributed by atoms with Crippen LogP contribution >= 0.6 is 11.6 Å². The quantitative estimate of drug-likeness (QED) is 0.535. The molecule has 2 aromatic rings. The van der Waals surface area contributed by atoms with Crippen LogP contribution < -0.4 is 27.2 Å². The highest BCUT2D eigenvalue weighted by Gasteiger charge is 2.14. The lowest BCUT2D eigenvalue weighted by Gasteiger charge is -2.10. The summed E-state index contributed by atoms with van der Waals surface area (Å²) in [6, 6.07) is 12.8. The van der Waals surface area contributed by atoms with E-state index in [1.54, 1.807) is 18.2 Å². The second kappa shape index (κ2) is 6.82. The summed E-state index contributed by atoms with van der Waals surface area (Å²) in [5.41, 5.74) is 13.9. The van der Waals surface area contributed by atoms with Crippen LogP contribution in [0.25, 0.3) is 0 Å². The molecule has 0 bridgehead atoms. The normalized spacial score (nSPS) is 15.0. The second-order valence-corrected chi connectivity index (χ2v) is 5.13. The van der Waals surface area contributed by atoms with Crippen molar-refractivity contribution in [1.29, 1.82) is 0 Å². The molecule has 1 fully saturated rings. The van der Waals surface area contributed by atoms with Gasteiger partial charge in [-0.15, -0.1) is 0 Å². The fourth-order valence-electron chi connectivity index (χ4n) is 2.05. The topological polar surface area (TPSA) is 90.1 Å². The number of aromatic nitrogens is 1. The first-order valence-corrected chi connectivity index (χ1v) is 7.11. The van der Waals surface area contributed by atoms with Gasteiger partial charge in [0.1, 0.15) is 17.0 Å². The minimum Gasteiger partial charge on any atom is -0.347 e. The number of nitrogens with one attached hydrogen (secondary N) is 5. The molecule has 1 amide bonds. The fraction of sp³-hybridized carbons (Fsp3) is 0.143. The minimum absolute atomic E-state index is 0.000647. The Balaban J connectivity index is 1.58. The smallest absolute Gasteiger partial charge is 0.270 e. The Kier molecular flexibility index (Phi) is 4.62. The first kappa shape index (κ1) is 14.9. The van der Waals surface area contributed by atoms with Crippen LogP contribution in [0.15, 0.2) is 42.5 Å². The molecule has 5 N–H and O–H groups in total. The molecule has 114 valence electrons. The van der Waals surface area contributed by atoms with E-state index in [1.807, 2.05) is 24.3 Å². The molecule has 0 radical (unpaired) electrons. The van der Waals surface area contributed by atoms with E-state index in [2.05, 4.69) is 32.2 Å². The number of pyridine rings is 1. The Bertz CT molecular complexity index is 657. The summed E-state index contributed by atoms with van der Waals surface area (Å²) >= 11 is 5.77. The van der Waals surface area contributed by atoms with Gasteiger partial charge in [-0.2, -0.15) is 11.1 Å². The molecule has 22 heavy (non-hydrogen) atoms. The molecule has 1 aromatic carbocycles. The number of hydrazine groups is 3. The van der Waals surface area contributed by atoms with E-state index < -0.39 is 0 Å². The largest absolute Gasteiger partial charge is 0.347 e. The van der Waals surface area contributed by atoms with Crippen LogP contribution in [0, 0.1) is 0 Å². The number of halogens is 1. The zero-order chi connectivity index (χ0) is 15.4. The van der Waals surface area contributed by atoms with Gasteiger partial charge >= 0.3 is 0 Å². The van der Waals surface area contributed by atoms with Crippen molar-refractivity contribution in [1.82, 2.24) is 32.2 Å². The van der Waals surface area contributed by atoms with E-state index in [0.717, 1.165) is 11.1 Å². The summed E-state index contributed by atoms with van der Waals surface area (Å²) in [4.78, 5) is 16.0. The van der Waals surface area contributed by atoms with Crippen LogP contribution in [0.2, 0.25) is 5.15 Å². The molecule has 0 aliphatic carbocycles. The maximum absolute atomic E-state index is 12.0. The van der Waals surface area contributed by atoms with Crippen LogP contribution in [0.5, 0.6) is 0 Å². The second-order valence-electron chi connectivity index (χ2n) is 4.74. The van der Waals surface area contributed by atoms with E-state index in [9.17, 15) is 4.79 Å². The number of rotatable bonds is 4. The van der Waals surface area contributed by atoms with Crippen molar-refractivity contribution in [2.75, 3.05) is 0 Å². The van der Waals surface area contributed by atoms with Crippen LogP contribution in [0.3, 0.4) is 0 Å². The van der Waals surface area contributed by atoms with Crippen molar-refractivity contribution in [3.05, 3.63) is 64.4 Å². The molecule has 1 aromatic heterocycles. The van der Waals surface area contributed by atoms with Crippen LogP contribution in [-0.2, 0) is 6.54 Å². The van der Waals surface area contributed by atoms with Gasteiger partial charge in [0.05, 0.1) is 0 Å². The molecular weight excluding hydrogens is 304 g/mol. The molecule has 0 unspecified atom stereocenters. The van der Waals surface area contributed by atoms with Crippen molar-refractivity contribution < 1.29 is 4.79 Å². The van der Waals surface area contributed by atoms with Crippen molar-refractivity contribution in [2.45, 2.75) is 12.7 Å². The van der Waals surface area contributed by atoms with Gasteiger partial charge in [-0.05, 0) is 23.3 Å². The molecule has 0 spiro atoms. The van der Waals surface area contributed by atoms with Crippen LogP contribution in [0.1, 0.15) is 27.8 Å².